The summed E-state index contributed by atoms with van der Waals surface area (Å²) in [6.45, 7) is 1.88. The first-order valence-electron chi connectivity index (χ1n) is 4.74. The highest BCUT2D eigenvalue weighted by Gasteiger charge is 2.15. The molecule has 0 aromatic heterocycles. The zero-order valence-corrected chi connectivity index (χ0v) is 10.2. The Labute approximate surface area is 90.9 Å². The van der Waals surface area contributed by atoms with E-state index in [-0.39, 0.29) is 18.2 Å². The zero-order valence-electron chi connectivity index (χ0n) is 9.36. The maximum atomic E-state index is 11.3. The van der Waals surface area contributed by atoms with Crippen LogP contribution in [-0.2, 0) is 14.8 Å². The Morgan fingerprint density at radius 3 is 2.40 bits per heavy atom. The van der Waals surface area contributed by atoms with Gasteiger partial charge in [-0.1, -0.05) is 6.92 Å². The summed E-state index contributed by atoms with van der Waals surface area (Å²) in [7, 11) is -0.342. The third kappa shape index (κ3) is 5.10. The molecule has 6 nitrogen and oxygen atoms in total. The van der Waals surface area contributed by atoms with Gasteiger partial charge in [-0.15, -0.1) is 0 Å². The van der Waals surface area contributed by atoms with Crippen LogP contribution in [0.1, 0.15) is 13.3 Å². The smallest absolute Gasteiger partial charge is 0.236 e. The number of amides is 1. The van der Waals surface area contributed by atoms with Crippen molar-refractivity contribution in [2.24, 2.45) is 5.73 Å². The number of sulfonamides is 1. The van der Waals surface area contributed by atoms with Crippen molar-refractivity contribution in [2.75, 3.05) is 26.4 Å². The molecule has 15 heavy (non-hydrogen) atoms. The van der Waals surface area contributed by atoms with E-state index in [1.807, 2.05) is 0 Å². The fourth-order valence-corrected chi connectivity index (χ4v) is 1.53. The number of nitrogens with zero attached hydrogens (tertiary/aromatic N) is 1. The largest absolute Gasteiger partial charge is 0.354 e. The van der Waals surface area contributed by atoms with Crippen molar-refractivity contribution < 1.29 is 13.2 Å². The topological polar surface area (TPSA) is 92.5 Å². The second-order valence-corrected chi connectivity index (χ2v) is 5.71. The third-order valence-electron chi connectivity index (χ3n) is 1.99. The molecule has 7 heteroatoms. The molecular weight excluding hydrogens is 218 g/mol. The standard InChI is InChI=1S/C8H19N3O3S/c1-4-7(9)8(12)10-5-6-15(13,14)11(2)3/h7H,4-6,9H2,1-3H3,(H,10,12)/t7-/m0/s1. The van der Waals surface area contributed by atoms with E-state index in [0.717, 1.165) is 4.31 Å². The summed E-state index contributed by atoms with van der Waals surface area (Å²) in [5, 5.41) is 2.47. The minimum Gasteiger partial charge on any atom is -0.354 e. The maximum absolute atomic E-state index is 11.3. The highest BCUT2D eigenvalue weighted by atomic mass is 32.2. The third-order valence-corrected chi connectivity index (χ3v) is 3.82. The van der Waals surface area contributed by atoms with Crippen LogP contribution in [-0.4, -0.2) is 51.1 Å². The van der Waals surface area contributed by atoms with Crippen molar-refractivity contribution in [3.05, 3.63) is 0 Å². The summed E-state index contributed by atoms with van der Waals surface area (Å²) in [5.74, 6) is -0.422. The van der Waals surface area contributed by atoms with Crippen LogP contribution in [0.25, 0.3) is 0 Å². The molecule has 1 atom stereocenters. The van der Waals surface area contributed by atoms with Crippen molar-refractivity contribution in [1.82, 2.24) is 9.62 Å². The molecule has 0 aliphatic heterocycles. The van der Waals surface area contributed by atoms with E-state index in [9.17, 15) is 13.2 Å². The van der Waals surface area contributed by atoms with Crippen molar-refractivity contribution in [3.8, 4) is 0 Å². The normalized spacial score (nSPS) is 13.9. The number of nitrogens with one attached hydrogen (secondary N) is 1. The Balaban J connectivity index is 3.96. The number of nitrogens with two attached hydrogens (primary N) is 1. The molecule has 0 unspecified atom stereocenters. The van der Waals surface area contributed by atoms with Gasteiger partial charge in [-0.2, -0.15) is 0 Å². The van der Waals surface area contributed by atoms with E-state index in [0.29, 0.717) is 6.42 Å². The fourth-order valence-electron chi connectivity index (χ4n) is 0.802. The van der Waals surface area contributed by atoms with Crippen LogP contribution >= 0.6 is 0 Å². The predicted molar refractivity (Wildman–Crippen MR) is 58.7 cm³/mol. The van der Waals surface area contributed by atoms with Crippen LogP contribution in [0, 0.1) is 0 Å². The quantitative estimate of drug-likeness (QED) is 0.602. The molecule has 0 saturated carbocycles. The molecule has 90 valence electrons. The van der Waals surface area contributed by atoms with Gasteiger partial charge in [0.1, 0.15) is 0 Å². The Bertz CT molecular complexity index is 300. The number of hydrogen-bond acceptors (Lipinski definition) is 4. The average molecular weight is 237 g/mol. The van der Waals surface area contributed by atoms with Crippen LogP contribution in [0.15, 0.2) is 0 Å². The minimum atomic E-state index is -3.25. The summed E-state index contributed by atoms with van der Waals surface area (Å²) >= 11 is 0. The Kier molecular flexibility index (Phi) is 5.77. The molecule has 0 bridgehead atoms. The van der Waals surface area contributed by atoms with E-state index in [1.165, 1.54) is 14.1 Å². The van der Waals surface area contributed by atoms with Gasteiger partial charge in [-0.3, -0.25) is 4.79 Å². The lowest BCUT2D eigenvalue weighted by molar-refractivity contribution is -0.122. The monoisotopic (exact) mass is 237 g/mol. The van der Waals surface area contributed by atoms with Crippen LogP contribution in [0.2, 0.25) is 0 Å². The Morgan fingerprint density at radius 2 is 2.00 bits per heavy atom. The summed E-state index contributed by atoms with van der Waals surface area (Å²) in [4.78, 5) is 11.2. The van der Waals surface area contributed by atoms with Crippen molar-refractivity contribution in [1.29, 1.82) is 0 Å². The SMILES string of the molecule is CC[C@H](N)C(=O)NCCS(=O)(=O)N(C)C. The van der Waals surface area contributed by atoms with Crippen molar-refractivity contribution in [2.45, 2.75) is 19.4 Å². The van der Waals surface area contributed by atoms with Gasteiger partial charge in [0, 0.05) is 20.6 Å². The molecule has 0 aliphatic carbocycles. The molecule has 1 amide bonds. The van der Waals surface area contributed by atoms with Gasteiger partial charge in [0.05, 0.1) is 11.8 Å². The molecule has 0 rings (SSSR count). The number of rotatable bonds is 6. The van der Waals surface area contributed by atoms with Crippen molar-refractivity contribution >= 4 is 15.9 Å². The average Bonchev–Trinajstić information content (AvgIpc) is 2.15. The Morgan fingerprint density at radius 1 is 1.47 bits per heavy atom. The number of carbonyl (C=O) groups is 1. The van der Waals surface area contributed by atoms with E-state index in [1.54, 1.807) is 6.92 Å². The van der Waals surface area contributed by atoms with Gasteiger partial charge in [-0.05, 0) is 6.42 Å². The first-order valence-corrected chi connectivity index (χ1v) is 6.35. The molecule has 0 radical (unpaired) electrons. The van der Waals surface area contributed by atoms with E-state index in [4.69, 9.17) is 5.73 Å². The van der Waals surface area contributed by atoms with Gasteiger partial charge >= 0.3 is 0 Å². The molecule has 0 heterocycles. The minimum absolute atomic E-state index is 0.0903. The van der Waals surface area contributed by atoms with E-state index < -0.39 is 16.1 Å². The lowest BCUT2D eigenvalue weighted by Gasteiger charge is -2.13. The van der Waals surface area contributed by atoms with Gasteiger partial charge in [-0.25, -0.2) is 12.7 Å². The van der Waals surface area contributed by atoms with Gasteiger partial charge in [0.2, 0.25) is 15.9 Å². The molecule has 3 N–H and O–H groups in total. The number of hydrogen-bond donors (Lipinski definition) is 2. The molecule has 0 saturated heterocycles. The molecule has 0 fully saturated rings. The highest BCUT2D eigenvalue weighted by Crippen LogP contribution is 1.92. The van der Waals surface area contributed by atoms with Crippen LogP contribution in [0.3, 0.4) is 0 Å². The second-order valence-electron chi connectivity index (χ2n) is 3.40. The summed E-state index contributed by atoms with van der Waals surface area (Å²) < 4.78 is 23.7. The summed E-state index contributed by atoms with van der Waals surface area (Å²) in [6, 6.07) is -0.563. The van der Waals surface area contributed by atoms with Gasteiger partial charge in [0.25, 0.3) is 0 Å². The highest BCUT2D eigenvalue weighted by molar-refractivity contribution is 7.89. The van der Waals surface area contributed by atoms with Crippen LogP contribution in [0.4, 0.5) is 0 Å². The molecule has 0 aromatic carbocycles. The Hall–Kier alpha value is -0.660. The van der Waals surface area contributed by atoms with E-state index in [2.05, 4.69) is 5.32 Å². The lowest BCUT2D eigenvalue weighted by atomic mass is 10.2. The molecular formula is C8H19N3O3S. The lowest BCUT2D eigenvalue weighted by Crippen LogP contribution is -2.42. The van der Waals surface area contributed by atoms with Gasteiger partial charge < -0.3 is 11.1 Å². The molecule has 0 aliphatic rings. The van der Waals surface area contributed by atoms with E-state index >= 15 is 0 Å². The maximum Gasteiger partial charge on any atom is 0.236 e. The first kappa shape index (κ1) is 14.3. The van der Waals surface area contributed by atoms with Crippen LogP contribution in [0.5, 0.6) is 0 Å². The molecule has 0 spiro atoms. The summed E-state index contributed by atoms with van der Waals surface area (Å²) in [6.07, 6.45) is 0.534. The zero-order chi connectivity index (χ0) is 12.1. The number of carbonyl (C=O) groups excluding carboxylic acids is 1. The van der Waals surface area contributed by atoms with Gasteiger partial charge in [0.15, 0.2) is 0 Å². The molecule has 0 aromatic rings. The summed E-state index contributed by atoms with van der Waals surface area (Å²) in [5.41, 5.74) is 5.45. The van der Waals surface area contributed by atoms with Crippen LogP contribution < -0.4 is 11.1 Å². The predicted octanol–water partition coefficient (Wildman–Crippen LogP) is -1.27. The van der Waals surface area contributed by atoms with Crippen molar-refractivity contribution in [3.63, 3.8) is 0 Å². The first-order chi connectivity index (χ1) is 6.81. The second kappa shape index (κ2) is 6.04. The fraction of sp³-hybridized carbons (Fsp3) is 0.875.